The van der Waals surface area contributed by atoms with E-state index in [1.54, 1.807) is 36.4 Å². The second-order valence-electron chi connectivity index (χ2n) is 8.39. The van der Waals surface area contributed by atoms with Crippen LogP contribution in [0.2, 0.25) is 10.0 Å². The summed E-state index contributed by atoms with van der Waals surface area (Å²) in [6.07, 6.45) is -2.60. The van der Waals surface area contributed by atoms with Gasteiger partial charge in [-0.2, -0.15) is 18.2 Å². The molecule has 0 unspecified atom stereocenters. The van der Waals surface area contributed by atoms with Crippen LogP contribution in [0.5, 0.6) is 0 Å². The van der Waals surface area contributed by atoms with Gasteiger partial charge in [0.15, 0.2) is 0 Å². The van der Waals surface area contributed by atoms with Crippen molar-refractivity contribution < 1.29 is 22.8 Å². The monoisotopic (exact) mass is 511 g/mol. The van der Waals surface area contributed by atoms with E-state index in [9.17, 15) is 22.8 Å². The van der Waals surface area contributed by atoms with E-state index >= 15 is 0 Å². The van der Waals surface area contributed by atoms with Crippen molar-refractivity contribution in [1.82, 2.24) is 10.6 Å². The lowest BCUT2D eigenvalue weighted by atomic mass is 9.91. The largest absolute Gasteiger partial charge is 0.402 e. The first kappa shape index (κ1) is 25.8. The molecule has 10 heteroatoms. The second kappa shape index (κ2) is 9.80. The van der Waals surface area contributed by atoms with Gasteiger partial charge in [-0.1, -0.05) is 41.4 Å². The quantitative estimate of drug-likeness (QED) is 0.484. The zero-order chi connectivity index (χ0) is 25.3. The van der Waals surface area contributed by atoms with E-state index in [1.165, 1.54) is 0 Å². The zero-order valence-corrected chi connectivity index (χ0v) is 20.1. The van der Waals surface area contributed by atoms with Crippen LogP contribution in [0.1, 0.15) is 42.5 Å². The Bertz CT molecular complexity index is 1200. The minimum Gasteiger partial charge on any atom is -0.351 e. The van der Waals surface area contributed by atoms with Crippen molar-refractivity contribution >= 4 is 46.5 Å². The predicted molar refractivity (Wildman–Crippen MR) is 127 cm³/mol. The van der Waals surface area contributed by atoms with Gasteiger partial charge in [-0.15, -0.1) is 0 Å². The second-order valence-corrected chi connectivity index (χ2v) is 9.21. The Kier molecular flexibility index (Phi) is 7.43. The zero-order valence-electron chi connectivity index (χ0n) is 18.6. The number of amides is 3. The van der Waals surface area contributed by atoms with Crippen LogP contribution in [-0.2, 0) is 11.3 Å². The van der Waals surface area contributed by atoms with Gasteiger partial charge in [0.05, 0.1) is 5.71 Å². The maximum atomic E-state index is 13.1. The number of carbonyl (C=O) groups is 2. The van der Waals surface area contributed by atoms with Crippen LogP contribution >= 0.6 is 23.2 Å². The van der Waals surface area contributed by atoms with Gasteiger partial charge in [-0.05, 0) is 61.7 Å². The fourth-order valence-corrected chi connectivity index (χ4v) is 3.50. The Labute approximate surface area is 205 Å². The average molecular weight is 512 g/mol. The van der Waals surface area contributed by atoms with Gasteiger partial charge < -0.3 is 10.6 Å². The summed E-state index contributed by atoms with van der Waals surface area (Å²) in [5.74, 6) is -1.14. The van der Waals surface area contributed by atoms with Gasteiger partial charge in [0, 0.05) is 34.3 Å². The lowest BCUT2D eigenvalue weighted by Crippen LogP contribution is -2.46. The number of aliphatic imine (C=N–C) groups is 1. The molecule has 3 rings (SSSR count). The van der Waals surface area contributed by atoms with Crippen molar-refractivity contribution in [3.8, 4) is 0 Å². The van der Waals surface area contributed by atoms with Gasteiger partial charge in [-0.3, -0.25) is 4.79 Å². The molecule has 0 atom stereocenters. The van der Waals surface area contributed by atoms with Crippen molar-refractivity contribution in [1.29, 1.82) is 0 Å². The molecule has 2 N–H and O–H groups in total. The van der Waals surface area contributed by atoms with Gasteiger partial charge in [0.1, 0.15) is 5.41 Å². The molecule has 0 radical (unpaired) electrons. The first-order valence-corrected chi connectivity index (χ1v) is 11.0. The van der Waals surface area contributed by atoms with Crippen LogP contribution in [0, 0.1) is 12.3 Å². The van der Waals surface area contributed by atoms with E-state index in [0.29, 0.717) is 39.0 Å². The minimum absolute atomic E-state index is 0.143. The number of carbonyl (C=O) groups excluding carboxylic acids is 2. The number of benzene rings is 2. The number of rotatable bonds is 5. The van der Waals surface area contributed by atoms with Gasteiger partial charge in [-0.25, -0.2) is 4.79 Å². The van der Waals surface area contributed by atoms with Gasteiger partial charge in [0.25, 0.3) is 0 Å². The highest BCUT2D eigenvalue weighted by Gasteiger charge is 2.52. The fourth-order valence-electron chi connectivity index (χ4n) is 3.17. The third-order valence-corrected chi connectivity index (χ3v) is 6.27. The van der Waals surface area contributed by atoms with Crippen LogP contribution in [0.25, 0.3) is 5.70 Å². The smallest absolute Gasteiger partial charge is 0.351 e. The van der Waals surface area contributed by atoms with Gasteiger partial charge in [0.2, 0.25) is 5.91 Å². The lowest BCUT2D eigenvalue weighted by Gasteiger charge is -2.26. The Morgan fingerprint density at radius 2 is 1.79 bits per heavy atom. The number of urea groups is 1. The summed E-state index contributed by atoms with van der Waals surface area (Å²) in [5.41, 5.74) is 0.990. The van der Waals surface area contributed by atoms with Crippen molar-refractivity contribution in [2.75, 3.05) is 0 Å². The van der Waals surface area contributed by atoms with Crippen molar-refractivity contribution in [3.05, 3.63) is 74.8 Å². The molecule has 34 heavy (non-hydrogen) atoms. The molecule has 0 fully saturated rings. The molecule has 0 saturated carbocycles. The molecule has 0 bridgehead atoms. The number of halogens is 5. The van der Waals surface area contributed by atoms with Gasteiger partial charge >= 0.3 is 12.2 Å². The molecule has 0 aromatic heterocycles. The van der Waals surface area contributed by atoms with E-state index in [0.717, 1.165) is 25.0 Å². The molecule has 5 nitrogen and oxygen atoms in total. The van der Waals surface area contributed by atoms with E-state index in [2.05, 4.69) is 15.6 Å². The molecule has 3 amide bonds. The molecule has 0 saturated heterocycles. The molecule has 2 aromatic carbocycles. The molecule has 2 aromatic rings. The van der Waals surface area contributed by atoms with Crippen LogP contribution in [0.4, 0.5) is 18.0 Å². The summed E-state index contributed by atoms with van der Waals surface area (Å²) >= 11 is 12.4. The Morgan fingerprint density at radius 1 is 1.12 bits per heavy atom. The highest BCUT2D eigenvalue weighted by molar-refractivity contribution is 6.32. The Hall–Kier alpha value is -2.84. The van der Waals surface area contributed by atoms with Crippen LogP contribution < -0.4 is 10.6 Å². The molecular weight excluding hydrogens is 490 g/mol. The first-order valence-electron chi connectivity index (χ1n) is 10.3. The lowest BCUT2D eigenvalue weighted by molar-refractivity contribution is -0.211. The number of hydrogen-bond acceptors (Lipinski definition) is 2. The summed E-state index contributed by atoms with van der Waals surface area (Å²) in [6.45, 7) is 3.35. The summed E-state index contributed by atoms with van der Waals surface area (Å²) in [7, 11) is 0. The van der Waals surface area contributed by atoms with E-state index in [4.69, 9.17) is 23.2 Å². The van der Waals surface area contributed by atoms with Crippen molar-refractivity contribution in [3.63, 3.8) is 0 Å². The fraction of sp³-hybridized carbons (Fsp3) is 0.292. The highest BCUT2D eigenvalue weighted by atomic mass is 35.5. The number of nitrogens with zero attached hydrogens (tertiary/aromatic N) is 1. The third-order valence-electron chi connectivity index (χ3n) is 5.52. The molecule has 0 aliphatic carbocycles. The van der Waals surface area contributed by atoms with Crippen LogP contribution in [-0.4, -0.2) is 23.8 Å². The third kappa shape index (κ3) is 5.62. The molecule has 1 heterocycles. The standard InChI is InChI=1S/C24H22Cl2F3N3O2/c1-13-10-15(5-7-17(13)25)19-8-9-20(32-22(34)31-19)16-11-14(4-6-18(16)26)12-30-21(33)23(2,3)24(27,28)29/h4-7,9-11H,8,12H2,1-3H3,(H,30,33)(H,32,34). The number of allylic oxidation sites excluding steroid dienone is 1. The molecular formula is C24H22Cl2F3N3O2. The normalized spacial score (nSPS) is 14.6. The number of nitrogens with one attached hydrogen (secondary N) is 2. The molecule has 180 valence electrons. The minimum atomic E-state index is -4.68. The van der Waals surface area contributed by atoms with Crippen molar-refractivity contribution in [2.45, 2.75) is 39.9 Å². The molecule has 1 aliphatic rings. The van der Waals surface area contributed by atoms with E-state index in [-0.39, 0.29) is 6.54 Å². The predicted octanol–water partition coefficient (Wildman–Crippen LogP) is 6.45. The highest BCUT2D eigenvalue weighted by Crippen LogP contribution is 2.37. The summed E-state index contributed by atoms with van der Waals surface area (Å²) in [6, 6.07) is 9.50. The van der Waals surface area contributed by atoms with Crippen LogP contribution in [0.15, 0.2) is 47.5 Å². The van der Waals surface area contributed by atoms with Crippen LogP contribution in [0.3, 0.4) is 0 Å². The Morgan fingerprint density at radius 3 is 2.44 bits per heavy atom. The summed E-state index contributed by atoms with van der Waals surface area (Å²) in [4.78, 5) is 28.7. The summed E-state index contributed by atoms with van der Waals surface area (Å²) < 4.78 is 39.3. The van der Waals surface area contributed by atoms with E-state index in [1.807, 2.05) is 13.0 Å². The first-order chi connectivity index (χ1) is 15.8. The summed E-state index contributed by atoms with van der Waals surface area (Å²) in [5, 5.41) is 5.93. The topological polar surface area (TPSA) is 70.6 Å². The average Bonchev–Trinajstić information content (AvgIpc) is 2.95. The van der Waals surface area contributed by atoms with E-state index < -0.39 is 23.5 Å². The number of aryl methyl sites for hydroxylation is 1. The number of hydrogen-bond donors (Lipinski definition) is 2. The van der Waals surface area contributed by atoms with Crippen molar-refractivity contribution in [2.24, 2.45) is 10.4 Å². The maximum Gasteiger partial charge on any atom is 0.402 e. The molecule has 1 aliphatic heterocycles. The number of alkyl halides is 3. The SMILES string of the molecule is Cc1cc(C2=NC(=O)NC(c3cc(CNC(=O)C(C)(C)C(F)(F)F)ccc3Cl)=CC2)ccc1Cl. The maximum absolute atomic E-state index is 13.1. The Balaban J connectivity index is 1.81. The molecule has 0 spiro atoms.